The summed E-state index contributed by atoms with van der Waals surface area (Å²) in [5.74, 6) is -0.402. The third-order valence-electron chi connectivity index (χ3n) is 2.80. The molecule has 6 nitrogen and oxygen atoms in total. The molecule has 0 heterocycles. The summed E-state index contributed by atoms with van der Waals surface area (Å²) in [4.78, 5) is 23.6. The summed E-state index contributed by atoms with van der Waals surface area (Å²) < 4.78 is 4.87. The van der Waals surface area contributed by atoms with Crippen LogP contribution < -0.4 is 16.0 Å². The predicted octanol–water partition coefficient (Wildman–Crippen LogP) is 2.08. The number of halogens is 2. The summed E-state index contributed by atoms with van der Waals surface area (Å²) in [6.07, 6.45) is 0.855. The molecule has 0 atom stereocenters. The monoisotopic (exact) mass is 363 g/mol. The molecule has 8 heteroatoms. The second-order valence-electron chi connectivity index (χ2n) is 4.67. The fourth-order valence-electron chi connectivity index (χ4n) is 1.69. The predicted molar refractivity (Wildman–Crippen MR) is 94.7 cm³/mol. The third kappa shape index (κ3) is 8.18. The number of hydrogen-bond donors (Lipinski definition) is 3. The van der Waals surface area contributed by atoms with Crippen molar-refractivity contribution in [2.24, 2.45) is 0 Å². The summed E-state index contributed by atoms with van der Waals surface area (Å²) in [6, 6.07) is 4.82. The van der Waals surface area contributed by atoms with Gasteiger partial charge in [0, 0.05) is 25.9 Å². The largest absolute Gasteiger partial charge is 0.383 e. The molecule has 130 valence electrons. The van der Waals surface area contributed by atoms with Gasteiger partial charge in [0.05, 0.1) is 23.7 Å². The summed E-state index contributed by atoms with van der Waals surface area (Å²) >= 11 is 6.09. The van der Waals surface area contributed by atoms with Crippen LogP contribution in [0.4, 0.5) is 5.69 Å². The Morgan fingerprint density at radius 1 is 1.26 bits per heavy atom. The maximum absolute atomic E-state index is 11.9. The number of rotatable bonds is 9. The summed E-state index contributed by atoms with van der Waals surface area (Å²) in [5.41, 5.74) is 0.946. The highest BCUT2D eigenvalue weighted by atomic mass is 35.5. The number of nitrogens with one attached hydrogen (secondary N) is 3. The van der Waals surface area contributed by atoms with Crippen LogP contribution in [0.3, 0.4) is 0 Å². The first-order valence-electron chi connectivity index (χ1n) is 7.15. The minimum absolute atomic E-state index is 0. The van der Waals surface area contributed by atoms with Crippen molar-refractivity contribution in [3.05, 3.63) is 28.8 Å². The maximum atomic E-state index is 11.9. The van der Waals surface area contributed by atoms with E-state index < -0.39 is 0 Å². The van der Waals surface area contributed by atoms with E-state index in [1.54, 1.807) is 25.3 Å². The van der Waals surface area contributed by atoms with Crippen molar-refractivity contribution in [1.29, 1.82) is 0 Å². The molecule has 1 aromatic carbocycles. The van der Waals surface area contributed by atoms with Crippen molar-refractivity contribution >= 4 is 41.5 Å². The lowest BCUT2D eigenvalue weighted by Gasteiger charge is -2.09. The zero-order valence-electron chi connectivity index (χ0n) is 13.3. The zero-order chi connectivity index (χ0) is 16.4. The number of benzene rings is 1. The topological polar surface area (TPSA) is 79.5 Å². The van der Waals surface area contributed by atoms with Gasteiger partial charge in [0.1, 0.15) is 0 Å². The van der Waals surface area contributed by atoms with Gasteiger partial charge in [-0.15, -0.1) is 12.4 Å². The van der Waals surface area contributed by atoms with Crippen molar-refractivity contribution in [3.63, 3.8) is 0 Å². The Morgan fingerprint density at radius 3 is 2.61 bits per heavy atom. The zero-order valence-corrected chi connectivity index (χ0v) is 14.9. The molecular formula is C15H23Cl2N3O3. The van der Waals surface area contributed by atoms with Gasteiger partial charge in [-0.3, -0.25) is 9.59 Å². The SMILES string of the molecule is CCCNC(=O)c1ccc(NC(=O)CNCCOC)cc1Cl.Cl. The molecule has 2 amide bonds. The van der Waals surface area contributed by atoms with E-state index in [4.69, 9.17) is 16.3 Å². The molecule has 0 aromatic heterocycles. The van der Waals surface area contributed by atoms with Gasteiger partial charge in [0.2, 0.25) is 5.91 Å². The Hall–Kier alpha value is -1.34. The number of amides is 2. The molecule has 0 aliphatic rings. The number of carbonyl (C=O) groups excluding carboxylic acids is 2. The van der Waals surface area contributed by atoms with Gasteiger partial charge in [-0.25, -0.2) is 0 Å². The maximum Gasteiger partial charge on any atom is 0.252 e. The van der Waals surface area contributed by atoms with E-state index >= 15 is 0 Å². The first-order chi connectivity index (χ1) is 10.6. The number of carbonyl (C=O) groups is 2. The smallest absolute Gasteiger partial charge is 0.252 e. The molecule has 1 aromatic rings. The van der Waals surface area contributed by atoms with Crippen LogP contribution in [0.5, 0.6) is 0 Å². The van der Waals surface area contributed by atoms with E-state index in [1.807, 2.05) is 6.92 Å². The minimum Gasteiger partial charge on any atom is -0.383 e. The van der Waals surface area contributed by atoms with Crippen LogP contribution in [0.1, 0.15) is 23.7 Å². The van der Waals surface area contributed by atoms with Gasteiger partial charge in [-0.1, -0.05) is 18.5 Å². The van der Waals surface area contributed by atoms with Crippen molar-refractivity contribution < 1.29 is 14.3 Å². The lowest BCUT2D eigenvalue weighted by Crippen LogP contribution is -2.30. The van der Waals surface area contributed by atoms with Crippen LogP contribution in [0.25, 0.3) is 0 Å². The third-order valence-corrected chi connectivity index (χ3v) is 3.11. The van der Waals surface area contributed by atoms with Crippen LogP contribution in [-0.4, -0.2) is 45.2 Å². The van der Waals surface area contributed by atoms with E-state index in [-0.39, 0.29) is 30.8 Å². The van der Waals surface area contributed by atoms with E-state index in [0.717, 1.165) is 6.42 Å². The number of hydrogen-bond acceptors (Lipinski definition) is 4. The second-order valence-corrected chi connectivity index (χ2v) is 5.08. The lowest BCUT2D eigenvalue weighted by molar-refractivity contribution is -0.115. The molecule has 0 fully saturated rings. The fourth-order valence-corrected chi connectivity index (χ4v) is 1.96. The van der Waals surface area contributed by atoms with E-state index in [9.17, 15) is 9.59 Å². The molecule has 0 spiro atoms. The Bertz CT molecular complexity index is 513. The van der Waals surface area contributed by atoms with Crippen molar-refractivity contribution in [3.8, 4) is 0 Å². The van der Waals surface area contributed by atoms with Gasteiger partial charge in [-0.05, 0) is 24.6 Å². The van der Waals surface area contributed by atoms with Crippen molar-refractivity contribution in [2.45, 2.75) is 13.3 Å². The summed E-state index contributed by atoms with van der Waals surface area (Å²) in [7, 11) is 1.60. The van der Waals surface area contributed by atoms with Crippen molar-refractivity contribution in [1.82, 2.24) is 10.6 Å². The van der Waals surface area contributed by atoms with Crippen LogP contribution >= 0.6 is 24.0 Å². The number of ether oxygens (including phenoxy) is 1. The molecule has 0 radical (unpaired) electrons. The molecule has 0 saturated heterocycles. The Morgan fingerprint density at radius 2 is 2.00 bits per heavy atom. The first kappa shape index (κ1) is 21.7. The van der Waals surface area contributed by atoms with Crippen LogP contribution in [-0.2, 0) is 9.53 Å². The molecule has 23 heavy (non-hydrogen) atoms. The molecule has 1 rings (SSSR count). The standard InChI is InChI=1S/C15H22ClN3O3.ClH/c1-3-6-18-15(21)12-5-4-11(9-13(12)16)19-14(20)10-17-7-8-22-2;/h4-5,9,17H,3,6-8,10H2,1-2H3,(H,18,21)(H,19,20);1H. The van der Waals surface area contributed by atoms with E-state index in [2.05, 4.69) is 16.0 Å². The average molecular weight is 364 g/mol. The molecular weight excluding hydrogens is 341 g/mol. The lowest BCUT2D eigenvalue weighted by atomic mass is 10.2. The molecule has 0 unspecified atom stereocenters. The highest BCUT2D eigenvalue weighted by molar-refractivity contribution is 6.34. The highest BCUT2D eigenvalue weighted by Gasteiger charge is 2.11. The first-order valence-corrected chi connectivity index (χ1v) is 7.53. The molecule has 0 saturated carbocycles. The average Bonchev–Trinajstić information content (AvgIpc) is 2.49. The normalized spacial score (nSPS) is 9.87. The van der Waals surface area contributed by atoms with Crippen LogP contribution in [0.2, 0.25) is 5.02 Å². The Kier molecular flexibility index (Phi) is 11.4. The number of methoxy groups -OCH3 is 1. The summed E-state index contributed by atoms with van der Waals surface area (Å²) in [5, 5.41) is 8.71. The van der Waals surface area contributed by atoms with Gasteiger partial charge in [-0.2, -0.15) is 0 Å². The van der Waals surface area contributed by atoms with E-state index in [1.165, 1.54) is 0 Å². The van der Waals surface area contributed by atoms with Crippen LogP contribution in [0, 0.1) is 0 Å². The quantitative estimate of drug-likeness (QED) is 0.586. The minimum atomic E-state index is -0.217. The van der Waals surface area contributed by atoms with Crippen LogP contribution in [0.15, 0.2) is 18.2 Å². The Balaban J connectivity index is 0.00000484. The number of anilines is 1. The highest BCUT2D eigenvalue weighted by Crippen LogP contribution is 2.21. The van der Waals surface area contributed by atoms with E-state index in [0.29, 0.717) is 36.0 Å². The molecule has 0 aliphatic carbocycles. The Labute approximate surface area is 147 Å². The molecule has 0 bridgehead atoms. The molecule has 0 aliphatic heterocycles. The molecule has 3 N–H and O–H groups in total. The van der Waals surface area contributed by atoms with Crippen molar-refractivity contribution in [2.75, 3.05) is 38.7 Å². The fraction of sp³-hybridized carbons (Fsp3) is 0.467. The van der Waals surface area contributed by atoms with Gasteiger partial charge >= 0.3 is 0 Å². The van der Waals surface area contributed by atoms with Gasteiger partial charge in [0.15, 0.2) is 0 Å². The van der Waals surface area contributed by atoms with Gasteiger partial charge < -0.3 is 20.7 Å². The second kappa shape index (κ2) is 12.1. The summed E-state index contributed by atoms with van der Waals surface area (Å²) in [6.45, 7) is 3.89. The van der Waals surface area contributed by atoms with Gasteiger partial charge in [0.25, 0.3) is 5.91 Å².